The van der Waals surface area contributed by atoms with Crippen molar-refractivity contribution in [3.05, 3.63) is 34.9 Å². The fourth-order valence-corrected chi connectivity index (χ4v) is 1.38. The molecule has 0 unspecified atom stereocenters. The number of halogens is 1. The Labute approximate surface area is 113 Å². The lowest BCUT2D eigenvalue weighted by molar-refractivity contribution is 0.0966. The molecule has 0 saturated carbocycles. The first-order valence-electron chi connectivity index (χ1n) is 5.63. The van der Waals surface area contributed by atoms with E-state index >= 15 is 0 Å². The molecule has 5 heteroatoms. The summed E-state index contributed by atoms with van der Waals surface area (Å²) < 4.78 is 3.96. The molecule has 0 aliphatic rings. The summed E-state index contributed by atoms with van der Waals surface area (Å²) in [6, 6.07) is 7.80. The molecule has 0 spiro atoms. The molecule has 0 amide bonds. The largest absolute Gasteiger partial charge is 0.505 e. The summed E-state index contributed by atoms with van der Waals surface area (Å²) in [6.07, 6.45) is -0.332. The lowest BCUT2D eigenvalue weighted by Gasteiger charge is -2.18. The second-order valence-corrected chi connectivity index (χ2v) is 4.93. The fourth-order valence-electron chi connectivity index (χ4n) is 1.25. The molecule has 0 heterocycles. The number of hydrogen-bond acceptors (Lipinski definition) is 3. The van der Waals surface area contributed by atoms with Gasteiger partial charge in [0.25, 0.3) is 0 Å². The van der Waals surface area contributed by atoms with Crippen LogP contribution in [0.5, 0.6) is 0 Å². The molecule has 1 aromatic carbocycles. The first kappa shape index (κ1) is 16.7. The van der Waals surface area contributed by atoms with Crippen molar-refractivity contribution in [2.75, 3.05) is 6.61 Å². The number of rotatable bonds is 3. The fraction of sp³-hybridized carbons (Fsp3) is 0.462. The Morgan fingerprint density at radius 2 is 1.89 bits per heavy atom. The third-order valence-electron chi connectivity index (χ3n) is 1.84. The Morgan fingerprint density at radius 1 is 1.39 bits per heavy atom. The van der Waals surface area contributed by atoms with Gasteiger partial charge in [0.15, 0.2) is 0 Å². The van der Waals surface area contributed by atoms with E-state index in [1.165, 1.54) is 5.56 Å². The van der Waals surface area contributed by atoms with E-state index in [0.717, 1.165) is 11.4 Å². The minimum absolute atomic E-state index is 0.145. The van der Waals surface area contributed by atoms with E-state index in [4.69, 9.17) is 22.4 Å². The maximum atomic E-state index is 9.38. The highest BCUT2D eigenvalue weighted by molar-refractivity contribution is 6.30. The smallest absolute Gasteiger partial charge is 0.450 e. The molecule has 1 rings (SSSR count). The van der Waals surface area contributed by atoms with Crippen LogP contribution in [0, 0.1) is 0 Å². The van der Waals surface area contributed by atoms with Crippen molar-refractivity contribution in [3.8, 4) is 0 Å². The van der Waals surface area contributed by atoms with E-state index in [2.05, 4.69) is 4.74 Å². The van der Waals surface area contributed by atoms with Gasteiger partial charge in [0.05, 0.1) is 6.61 Å². The lowest BCUT2D eigenvalue weighted by atomic mass is 9.96. The predicted octanol–water partition coefficient (Wildman–Crippen LogP) is 3.32. The van der Waals surface area contributed by atoms with Gasteiger partial charge in [-0.15, -0.1) is 0 Å². The first-order valence-corrected chi connectivity index (χ1v) is 6.01. The summed E-state index contributed by atoms with van der Waals surface area (Å²) in [6.45, 7) is 5.88. The second-order valence-electron chi connectivity index (χ2n) is 4.49. The van der Waals surface area contributed by atoms with Crippen molar-refractivity contribution >= 4 is 17.8 Å². The van der Waals surface area contributed by atoms with Crippen LogP contribution in [0.15, 0.2) is 24.3 Å². The number of carboxylic acid groups (broad SMARTS) is 1. The van der Waals surface area contributed by atoms with Gasteiger partial charge in [0.1, 0.15) is 0 Å². The van der Waals surface area contributed by atoms with Crippen molar-refractivity contribution in [2.24, 2.45) is 5.73 Å². The second kappa shape index (κ2) is 7.95. The Balaban J connectivity index is 0.000000411. The molecule has 0 saturated heterocycles. The van der Waals surface area contributed by atoms with Gasteiger partial charge in [-0.3, -0.25) is 0 Å². The van der Waals surface area contributed by atoms with E-state index in [-0.39, 0.29) is 12.1 Å². The molecule has 4 nitrogen and oxygen atoms in total. The van der Waals surface area contributed by atoms with Gasteiger partial charge in [-0.25, -0.2) is 4.79 Å². The lowest BCUT2D eigenvalue weighted by Crippen LogP contribution is -2.34. The minimum atomic E-state index is -1.21. The summed E-state index contributed by atoms with van der Waals surface area (Å²) in [5, 5.41) is 8.46. The number of carbonyl (C=O) groups is 1. The van der Waals surface area contributed by atoms with Crippen molar-refractivity contribution in [3.63, 3.8) is 0 Å². The standard InChI is InChI=1S/C10H14ClN.C3H6O3/c1-10(2,12)7-8-3-5-9(11)6-4-8;1-2-6-3(4)5/h3-6H,7,12H2,1-2H3;2H2,1H3,(H,4,5). The predicted molar refractivity (Wildman–Crippen MR) is 73.1 cm³/mol. The van der Waals surface area contributed by atoms with Gasteiger partial charge >= 0.3 is 6.16 Å². The molecule has 0 bridgehead atoms. The molecule has 3 N–H and O–H groups in total. The van der Waals surface area contributed by atoms with Crippen LogP contribution in [-0.2, 0) is 11.2 Å². The van der Waals surface area contributed by atoms with Gasteiger partial charge in [-0.2, -0.15) is 0 Å². The van der Waals surface area contributed by atoms with Gasteiger partial charge in [-0.1, -0.05) is 23.7 Å². The Bertz CT molecular complexity index is 357. The zero-order chi connectivity index (χ0) is 14.2. The summed E-state index contributed by atoms with van der Waals surface area (Å²) in [7, 11) is 0. The quantitative estimate of drug-likeness (QED) is 0.829. The molecular formula is C13H20ClNO3. The highest BCUT2D eigenvalue weighted by Gasteiger charge is 2.10. The number of benzene rings is 1. The van der Waals surface area contributed by atoms with Crippen molar-refractivity contribution in [2.45, 2.75) is 32.7 Å². The zero-order valence-electron chi connectivity index (χ0n) is 10.9. The average molecular weight is 274 g/mol. The molecule has 18 heavy (non-hydrogen) atoms. The van der Waals surface area contributed by atoms with Crippen molar-refractivity contribution in [1.82, 2.24) is 0 Å². The van der Waals surface area contributed by atoms with Crippen LogP contribution in [-0.4, -0.2) is 23.4 Å². The summed E-state index contributed by atoms with van der Waals surface area (Å²) in [4.78, 5) is 9.38. The highest BCUT2D eigenvalue weighted by Crippen LogP contribution is 2.13. The van der Waals surface area contributed by atoms with Crippen LogP contribution in [0.3, 0.4) is 0 Å². The normalized spacial score (nSPS) is 10.3. The van der Waals surface area contributed by atoms with E-state index in [1.54, 1.807) is 6.92 Å². The summed E-state index contributed by atoms with van der Waals surface area (Å²) >= 11 is 5.75. The molecule has 0 aliphatic carbocycles. The number of nitrogens with two attached hydrogens (primary N) is 1. The average Bonchev–Trinajstić information content (AvgIpc) is 2.20. The van der Waals surface area contributed by atoms with Gasteiger partial charge < -0.3 is 15.6 Å². The van der Waals surface area contributed by atoms with Crippen LogP contribution < -0.4 is 5.73 Å². The molecule has 1 aromatic rings. The maximum Gasteiger partial charge on any atom is 0.505 e. The monoisotopic (exact) mass is 273 g/mol. The third-order valence-corrected chi connectivity index (χ3v) is 2.09. The molecule has 0 radical (unpaired) electrons. The summed E-state index contributed by atoms with van der Waals surface area (Å²) in [5.74, 6) is 0. The molecule has 102 valence electrons. The highest BCUT2D eigenvalue weighted by atomic mass is 35.5. The van der Waals surface area contributed by atoms with Crippen LogP contribution in [0.25, 0.3) is 0 Å². The molecule has 0 aliphatic heterocycles. The van der Waals surface area contributed by atoms with Crippen LogP contribution >= 0.6 is 11.6 Å². The van der Waals surface area contributed by atoms with Crippen molar-refractivity contribution in [1.29, 1.82) is 0 Å². The van der Waals surface area contributed by atoms with Crippen molar-refractivity contribution < 1.29 is 14.6 Å². The number of ether oxygens (including phenoxy) is 1. The molecule has 0 atom stereocenters. The van der Waals surface area contributed by atoms with Crippen LogP contribution in [0.2, 0.25) is 5.02 Å². The van der Waals surface area contributed by atoms with Gasteiger partial charge in [-0.05, 0) is 44.9 Å². The van der Waals surface area contributed by atoms with Gasteiger partial charge in [0, 0.05) is 10.6 Å². The minimum Gasteiger partial charge on any atom is -0.450 e. The Kier molecular flexibility index (Phi) is 7.39. The SMILES string of the molecule is CC(C)(N)Cc1ccc(Cl)cc1.CCOC(=O)O. The molecule has 0 aromatic heterocycles. The number of hydrogen-bond donors (Lipinski definition) is 2. The Hall–Kier alpha value is -1.26. The molecule has 0 fully saturated rings. The van der Waals surface area contributed by atoms with E-state index < -0.39 is 6.16 Å². The first-order chi connectivity index (χ1) is 8.24. The molecular weight excluding hydrogens is 254 g/mol. The third kappa shape index (κ3) is 9.93. The van der Waals surface area contributed by atoms with Crippen LogP contribution in [0.4, 0.5) is 4.79 Å². The summed E-state index contributed by atoms with van der Waals surface area (Å²) in [5.41, 5.74) is 6.96. The van der Waals surface area contributed by atoms with E-state index in [1.807, 2.05) is 38.1 Å². The van der Waals surface area contributed by atoms with Gasteiger partial charge in [0.2, 0.25) is 0 Å². The van der Waals surface area contributed by atoms with E-state index in [0.29, 0.717) is 0 Å². The van der Waals surface area contributed by atoms with Crippen LogP contribution in [0.1, 0.15) is 26.3 Å². The maximum absolute atomic E-state index is 9.38. The van der Waals surface area contributed by atoms with E-state index in [9.17, 15) is 4.79 Å². The Morgan fingerprint density at radius 3 is 2.17 bits per heavy atom. The zero-order valence-corrected chi connectivity index (χ0v) is 11.7. The topological polar surface area (TPSA) is 72.5 Å².